The van der Waals surface area contributed by atoms with Gasteiger partial charge in [-0.25, -0.2) is 9.59 Å². The number of phenols is 5. The Morgan fingerprint density at radius 3 is 1.15 bits per heavy atom. The Hall–Kier alpha value is -9.01. The minimum absolute atomic E-state index is 0. The van der Waals surface area contributed by atoms with E-state index in [-0.39, 0.29) is 171 Å². The van der Waals surface area contributed by atoms with Gasteiger partial charge in [-0.15, -0.1) is 0 Å². The molecular weight excluding hydrogens is 1260 g/mol. The summed E-state index contributed by atoms with van der Waals surface area (Å²) in [4.78, 5) is 81.9. The van der Waals surface area contributed by atoms with Gasteiger partial charge in [-0.05, 0) is 164 Å². The molecule has 0 fully saturated rings. The van der Waals surface area contributed by atoms with Gasteiger partial charge in [0.25, 0.3) is 0 Å². The summed E-state index contributed by atoms with van der Waals surface area (Å²) in [6, 6.07) is 29.4. The van der Waals surface area contributed by atoms with Crippen LogP contribution in [0.5, 0.6) is 34.5 Å². The van der Waals surface area contributed by atoms with Crippen LogP contribution < -0.4 is 26.0 Å². The van der Waals surface area contributed by atoms with E-state index < -0.39 is 33.7 Å². The molecule has 0 radical (unpaired) electrons. The third kappa shape index (κ3) is 42.4. The third-order valence-corrected chi connectivity index (χ3v) is 14.6. The number of hydrogen-bond acceptors (Lipinski definition) is 17. The van der Waals surface area contributed by atoms with Gasteiger partial charge in [0.05, 0.1) is 35.5 Å². The summed E-state index contributed by atoms with van der Waals surface area (Å²) in [6.07, 6.45) is 3.66. The molecule has 9 N–H and O–H groups in total. The molecule has 570 valence electrons. The second-order valence-corrected chi connectivity index (χ2v) is 23.7. The number of rotatable bonds is 23. The maximum Gasteiger partial charge on any atom is 0.338 e. The molecule has 4 amide bonds. The molecule has 21 nitrogen and oxygen atoms in total. The van der Waals surface area contributed by atoms with Crippen LogP contribution in [0.1, 0.15) is 226 Å². The van der Waals surface area contributed by atoms with Crippen molar-refractivity contribution in [2.75, 3.05) is 49.4 Å². The minimum Gasteiger partial charge on any atom is -0.508 e. The largest absolute Gasteiger partial charge is 0.508 e. The van der Waals surface area contributed by atoms with E-state index in [1.54, 1.807) is 80.6 Å². The number of carbonyl (C=O) groups excluding carboxylic acids is 7. The first-order valence-corrected chi connectivity index (χ1v) is 29.4. The van der Waals surface area contributed by atoms with E-state index in [1.807, 2.05) is 90.0 Å². The van der Waals surface area contributed by atoms with Crippen LogP contribution in [-0.4, -0.2) is 101 Å². The van der Waals surface area contributed by atoms with Gasteiger partial charge in [0.15, 0.2) is 11.5 Å². The van der Waals surface area contributed by atoms with Gasteiger partial charge in [-0.1, -0.05) is 155 Å². The van der Waals surface area contributed by atoms with Crippen molar-refractivity contribution < 1.29 is 82.8 Å². The summed E-state index contributed by atoms with van der Waals surface area (Å²) in [5, 5.41) is 56.8. The zero-order chi connectivity index (χ0) is 67.8. The highest BCUT2D eigenvalue weighted by Crippen LogP contribution is 2.31. The Kier molecular flexibility index (Phi) is 60.7. The molecule has 0 unspecified atom stereocenters. The number of esters is 4. The fraction of sp³-hybridized carbons (Fsp3) is 0.526. The monoisotopic (exact) mass is 1400 g/mol. The van der Waals surface area contributed by atoms with Gasteiger partial charge in [-0.3, -0.25) is 24.0 Å². The number of ether oxygens (including phenoxy) is 5. The Morgan fingerprint density at radius 1 is 0.384 bits per heavy atom. The van der Waals surface area contributed by atoms with Crippen LogP contribution in [0.4, 0.5) is 21.9 Å². The molecule has 5 aromatic carbocycles. The minimum atomic E-state index is -0.527. The van der Waals surface area contributed by atoms with Gasteiger partial charge in [-0.2, -0.15) is 0 Å². The van der Waals surface area contributed by atoms with Crippen LogP contribution in [-0.2, 0) is 49.5 Å². The molecule has 0 aromatic heterocycles. The van der Waals surface area contributed by atoms with Crippen LogP contribution >= 0.6 is 0 Å². The number of nitrogens with one attached hydrogen (secondary N) is 4. The van der Waals surface area contributed by atoms with Crippen molar-refractivity contribution in [3.63, 3.8) is 0 Å². The maximum absolute atomic E-state index is 11.9. The normalized spacial score (nSPS) is 9.90. The molecule has 0 atom stereocenters. The van der Waals surface area contributed by atoms with Crippen molar-refractivity contribution in [1.82, 2.24) is 5.32 Å². The summed E-state index contributed by atoms with van der Waals surface area (Å²) < 4.78 is 25.3. The predicted molar refractivity (Wildman–Crippen MR) is 411 cm³/mol. The second kappa shape index (κ2) is 54.0. The van der Waals surface area contributed by atoms with Crippen LogP contribution in [0.2, 0.25) is 0 Å². The van der Waals surface area contributed by atoms with E-state index in [0.717, 1.165) is 24.8 Å². The lowest BCUT2D eigenvalue weighted by molar-refractivity contribution is -0.156. The number of amides is 4. The number of benzene rings is 5. The average Bonchev–Trinajstić information content (AvgIpc) is 0.864. The summed E-state index contributed by atoms with van der Waals surface area (Å²) in [7, 11) is 1.47. The fourth-order valence-corrected chi connectivity index (χ4v) is 6.00. The number of urea groups is 1. The van der Waals surface area contributed by atoms with Crippen molar-refractivity contribution in [3.05, 3.63) is 126 Å². The van der Waals surface area contributed by atoms with E-state index >= 15 is 0 Å². The lowest BCUT2D eigenvalue weighted by atomic mass is 9.89. The Bertz CT molecular complexity index is 3010. The molecular formula is C78H136N4O17. The molecule has 21 heteroatoms. The highest BCUT2D eigenvalue weighted by atomic mass is 16.6. The smallest absolute Gasteiger partial charge is 0.338 e. The van der Waals surface area contributed by atoms with Gasteiger partial charge in [0, 0.05) is 40.0 Å². The van der Waals surface area contributed by atoms with Crippen LogP contribution in [0, 0.1) is 27.1 Å². The number of methoxy groups -OCH3 is 1. The van der Waals surface area contributed by atoms with E-state index in [4.69, 9.17) is 39.0 Å². The van der Waals surface area contributed by atoms with Crippen LogP contribution in [0.3, 0.4) is 0 Å². The predicted octanol–water partition coefficient (Wildman–Crippen LogP) is 19.8. The van der Waals surface area contributed by atoms with Crippen LogP contribution in [0.15, 0.2) is 115 Å². The van der Waals surface area contributed by atoms with Gasteiger partial charge >= 0.3 is 29.9 Å². The third-order valence-electron chi connectivity index (χ3n) is 14.6. The van der Waals surface area contributed by atoms with Gasteiger partial charge in [0.2, 0.25) is 11.8 Å². The average molecular weight is 1400 g/mol. The molecule has 5 rings (SSSR count). The first-order chi connectivity index (χ1) is 41.5. The summed E-state index contributed by atoms with van der Waals surface area (Å²) in [5.74, 6) is -0.388. The molecule has 0 aliphatic heterocycles. The maximum atomic E-state index is 11.9. The molecule has 0 spiro atoms. The molecule has 0 saturated heterocycles. The second-order valence-electron chi connectivity index (χ2n) is 23.7. The van der Waals surface area contributed by atoms with Crippen LogP contribution in [0.25, 0.3) is 0 Å². The lowest BCUT2D eigenvalue weighted by Crippen LogP contribution is -2.34. The Morgan fingerprint density at radius 2 is 0.747 bits per heavy atom. The molecule has 0 aliphatic rings. The zero-order valence-electron chi connectivity index (χ0n) is 54.7. The van der Waals surface area contributed by atoms with E-state index in [1.165, 1.54) is 55.6 Å². The molecule has 0 heterocycles. The highest BCUT2D eigenvalue weighted by Gasteiger charge is 2.30. The topological polar surface area (TPSA) is 315 Å². The van der Waals surface area contributed by atoms with E-state index in [2.05, 4.69) is 21.3 Å². The van der Waals surface area contributed by atoms with E-state index in [0.29, 0.717) is 41.2 Å². The molecule has 0 saturated carbocycles. The molecule has 0 aliphatic carbocycles. The van der Waals surface area contributed by atoms with Crippen molar-refractivity contribution in [2.45, 2.75) is 217 Å². The number of phenolic OH excluding ortho intramolecular Hbond substituents is 5. The Balaban J connectivity index is -0.000000122. The van der Waals surface area contributed by atoms with Crippen molar-refractivity contribution in [2.24, 2.45) is 27.1 Å². The number of aromatic hydroxyl groups is 5. The van der Waals surface area contributed by atoms with E-state index in [9.17, 15) is 43.8 Å². The fourth-order valence-electron chi connectivity index (χ4n) is 6.00. The first kappa shape index (κ1) is 111. The molecule has 5 aromatic rings. The Labute approximate surface area is 598 Å². The summed E-state index contributed by atoms with van der Waals surface area (Å²) in [5.41, 5.74) is 0.756. The van der Waals surface area contributed by atoms with Crippen molar-refractivity contribution >= 4 is 58.8 Å². The summed E-state index contributed by atoms with van der Waals surface area (Å²) in [6.45, 7) is 28.9. The zero-order valence-corrected chi connectivity index (χ0v) is 54.7. The van der Waals surface area contributed by atoms with Gasteiger partial charge in [0.1, 0.15) is 49.4 Å². The standard InChI is InChI=1S/C15H22N2O4.C15H20O5.C13H19NO3.C13H18O3.C12H17NO2.10CH4/c1-4-15(2,3)13(19)21-10-9-16-14(20)17-11-5-7-12(18)8-6-11;1-4-15(2,3)14(18)20-10-9-19-13(17)11-5-7-12(16)8-6-11;1-5-13(2,3)12(16)14-9-6-7-10(15)11(8-9)17-4;1-4-13(2,3)12(15)16-9-10-5-7-11(14)8-6-10;1-4-12(2,3)11(15)13-9-6-5-7-10(14)8-9;;;;;;;;;;/h5-8,18H,4,9-10H2,1-3H3,(H2,16,17,20);5-8,16H,4,9-10H2,1-3H3;6-8,15H,5H2,1-4H3,(H,14,16);5-8,14H,4,9H2,1-3H3;5-8,14H,4H2,1-3H3,(H,13,15);10*1H4. The summed E-state index contributed by atoms with van der Waals surface area (Å²) >= 11 is 0. The lowest BCUT2D eigenvalue weighted by Gasteiger charge is -2.21. The quantitative estimate of drug-likeness (QED) is 0.0127. The van der Waals surface area contributed by atoms with Crippen molar-refractivity contribution in [3.8, 4) is 34.5 Å². The number of carbonyl (C=O) groups is 7. The van der Waals surface area contributed by atoms with Crippen molar-refractivity contribution in [1.29, 1.82) is 0 Å². The molecule has 99 heavy (non-hydrogen) atoms. The number of anilines is 3. The van der Waals surface area contributed by atoms with Gasteiger partial charge < -0.3 is 70.5 Å². The molecule has 0 bridgehead atoms. The number of hydrogen-bond donors (Lipinski definition) is 9. The SMILES string of the molecule is C.C.C.C.C.C.C.C.C.C.CCC(C)(C)C(=O)Nc1ccc(O)c(OC)c1.CCC(C)(C)C(=O)Nc1cccc(O)c1.CCC(C)(C)C(=O)OCCNC(=O)Nc1ccc(O)cc1.CCC(C)(C)C(=O)OCCOC(=O)c1ccc(O)cc1.CCC(C)(C)C(=O)OCc1ccc(O)cc1. The first-order valence-electron chi connectivity index (χ1n) is 29.4. The highest BCUT2D eigenvalue weighted by molar-refractivity contribution is 5.96.